The lowest BCUT2D eigenvalue weighted by Gasteiger charge is -2.44. The van der Waals surface area contributed by atoms with Crippen LogP contribution in [0.5, 0.6) is 5.75 Å². The number of hydrogen-bond acceptors (Lipinski definition) is 3. The van der Waals surface area contributed by atoms with Crippen LogP contribution in [0.1, 0.15) is 74.7 Å². The van der Waals surface area contributed by atoms with Crippen molar-refractivity contribution in [3.05, 3.63) is 101 Å². The number of ether oxygens (including phenoxy) is 2. The molecule has 0 radical (unpaired) electrons. The number of carbonyl (C=O) groups is 1. The highest BCUT2D eigenvalue weighted by atomic mass is 28.3. The Hall–Kier alpha value is -3.31. The standard InChI is InChI=1S/C32H37NO3Si/c1-21(2)37(22(3)4,23(5)6)33-17-16-25-18-28-27(19-29(25)33)31(36-32(28)34)26-14-10-11-15-30(26)35-20-24-12-8-7-9-13-24/h7-19,21-23,31H,20H2,1-6H3. The third kappa shape index (κ3) is 4.19. The molecular weight excluding hydrogens is 474 g/mol. The van der Waals surface area contributed by atoms with Gasteiger partial charge in [-0.25, -0.2) is 4.79 Å². The molecule has 0 amide bonds. The predicted octanol–water partition coefficient (Wildman–Crippen LogP) is 8.50. The lowest BCUT2D eigenvalue weighted by Crippen LogP contribution is -2.51. The molecule has 1 atom stereocenters. The van der Waals surface area contributed by atoms with Crippen LogP contribution in [0, 0.1) is 0 Å². The van der Waals surface area contributed by atoms with Gasteiger partial charge in [0.15, 0.2) is 14.3 Å². The van der Waals surface area contributed by atoms with Crippen LogP contribution in [0.25, 0.3) is 10.9 Å². The molecule has 1 aliphatic rings. The van der Waals surface area contributed by atoms with Crippen LogP contribution >= 0.6 is 0 Å². The van der Waals surface area contributed by atoms with Crippen molar-refractivity contribution < 1.29 is 14.3 Å². The van der Waals surface area contributed by atoms with Crippen LogP contribution in [0.2, 0.25) is 16.6 Å². The topological polar surface area (TPSA) is 40.5 Å². The van der Waals surface area contributed by atoms with Gasteiger partial charge in [0.05, 0.1) is 5.56 Å². The summed E-state index contributed by atoms with van der Waals surface area (Å²) < 4.78 is 14.8. The molecule has 1 unspecified atom stereocenters. The molecule has 0 spiro atoms. The Morgan fingerprint density at radius 2 is 1.49 bits per heavy atom. The van der Waals surface area contributed by atoms with E-state index >= 15 is 0 Å². The van der Waals surface area contributed by atoms with Crippen molar-refractivity contribution in [1.29, 1.82) is 0 Å². The quantitative estimate of drug-likeness (QED) is 0.176. The fourth-order valence-corrected chi connectivity index (χ4v) is 13.4. The summed E-state index contributed by atoms with van der Waals surface area (Å²) >= 11 is 0. The average Bonchev–Trinajstić information content (AvgIpc) is 3.43. The summed E-state index contributed by atoms with van der Waals surface area (Å²) in [5.74, 6) is 0.468. The van der Waals surface area contributed by atoms with Gasteiger partial charge in [-0.15, -0.1) is 0 Å². The minimum atomic E-state index is -1.96. The molecule has 0 saturated carbocycles. The predicted molar refractivity (Wildman–Crippen MR) is 153 cm³/mol. The molecule has 0 fully saturated rings. The van der Waals surface area contributed by atoms with Crippen LogP contribution in [-0.4, -0.2) is 18.4 Å². The van der Waals surface area contributed by atoms with E-state index in [0.717, 1.165) is 27.8 Å². The van der Waals surface area contributed by atoms with Crippen LogP contribution in [0.4, 0.5) is 0 Å². The van der Waals surface area contributed by atoms with Gasteiger partial charge < -0.3 is 13.7 Å². The molecule has 37 heavy (non-hydrogen) atoms. The Bertz CT molecular complexity index is 1400. The Morgan fingerprint density at radius 1 is 0.838 bits per heavy atom. The summed E-state index contributed by atoms with van der Waals surface area (Å²) in [6, 6.07) is 24.4. The fourth-order valence-electron chi connectivity index (χ4n) is 6.79. The van der Waals surface area contributed by atoms with E-state index in [0.29, 0.717) is 28.8 Å². The number of hydrogen-bond donors (Lipinski definition) is 0. The summed E-state index contributed by atoms with van der Waals surface area (Å²) in [4.78, 5) is 13.1. The number of fused-ring (bicyclic) bond motifs is 2. The molecule has 1 aliphatic heterocycles. The highest BCUT2D eigenvalue weighted by Gasteiger charge is 2.46. The van der Waals surface area contributed by atoms with E-state index in [-0.39, 0.29) is 5.97 Å². The minimum Gasteiger partial charge on any atom is -0.488 e. The Morgan fingerprint density at radius 3 is 2.16 bits per heavy atom. The van der Waals surface area contributed by atoms with Crippen molar-refractivity contribution in [2.24, 2.45) is 0 Å². The van der Waals surface area contributed by atoms with Gasteiger partial charge in [-0.2, -0.15) is 0 Å². The van der Waals surface area contributed by atoms with E-state index < -0.39 is 14.3 Å². The summed E-state index contributed by atoms with van der Waals surface area (Å²) in [5, 5.41) is 1.10. The molecule has 4 aromatic rings. The van der Waals surface area contributed by atoms with E-state index in [1.807, 2.05) is 60.7 Å². The molecule has 5 rings (SSSR count). The first-order valence-corrected chi connectivity index (χ1v) is 15.5. The van der Waals surface area contributed by atoms with Crippen molar-refractivity contribution in [3.8, 4) is 5.75 Å². The van der Waals surface area contributed by atoms with Crippen molar-refractivity contribution in [2.75, 3.05) is 0 Å². The van der Waals surface area contributed by atoms with Crippen LogP contribution in [-0.2, 0) is 11.3 Å². The summed E-state index contributed by atoms with van der Waals surface area (Å²) in [6.45, 7) is 14.7. The Balaban J connectivity index is 1.60. The lowest BCUT2D eigenvalue weighted by atomic mass is 9.97. The van der Waals surface area contributed by atoms with Gasteiger partial charge in [-0.05, 0) is 58.0 Å². The van der Waals surface area contributed by atoms with Crippen molar-refractivity contribution >= 4 is 25.1 Å². The average molecular weight is 512 g/mol. The molecule has 5 heteroatoms. The number of esters is 1. The van der Waals surface area contributed by atoms with Crippen LogP contribution in [0.3, 0.4) is 0 Å². The number of carbonyl (C=O) groups excluding carboxylic acids is 1. The van der Waals surface area contributed by atoms with Gasteiger partial charge in [-0.3, -0.25) is 0 Å². The normalized spacial score (nSPS) is 15.6. The maximum Gasteiger partial charge on any atom is 0.339 e. The van der Waals surface area contributed by atoms with E-state index in [1.165, 1.54) is 5.52 Å². The molecule has 0 saturated heterocycles. The van der Waals surface area contributed by atoms with Gasteiger partial charge in [-0.1, -0.05) is 90.1 Å². The first kappa shape index (κ1) is 25.3. The zero-order valence-electron chi connectivity index (χ0n) is 22.7. The number of nitrogens with zero attached hydrogens (tertiary/aromatic N) is 1. The highest BCUT2D eigenvalue weighted by Crippen LogP contribution is 2.46. The van der Waals surface area contributed by atoms with Crippen molar-refractivity contribution in [2.45, 2.75) is 70.9 Å². The Kier molecular flexibility index (Phi) is 6.75. The maximum absolute atomic E-state index is 13.1. The van der Waals surface area contributed by atoms with Crippen molar-refractivity contribution in [1.82, 2.24) is 4.23 Å². The monoisotopic (exact) mass is 511 g/mol. The fraction of sp³-hybridized carbons (Fsp3) is 0.344. The molecule has 0 bridgehead atoms. The molecule has 2 heterocycles. The minimum absolute atomic E-state index is 0.271. The van der Waals surface area contributed by atoms with Crippen molar-refractivity contribution in [3.63, 3.8) is 0 Å². The molecule has 3 aromatic carbocycles. The van der Waals surface area contributed by atoms with E-state index in [2.05, 4.69) is 64.1 Å². The molecule has 1 aromatic heterocycles. The van der Waals surface area contributed by atoms with Gasteiger partial charge in [0, 0.05) is 16.6 Å². The van der Waals surface area contributed by atoms with E-state index in [9.17, 15) is 4.79 Å². The van der Waals surface area contributed by atoms with Gasteiger partial charge in [0.1, 0.15) is 12.4 Å². The molecule has 4 nitrogen and oxygen atoms in total. The molecule has 192 valence electrons. The maximum atomic E-state index is 13.1. The third-order valence-electron chi connectivity index (χ3n) is 8.22. The lowest BCUT2D eigenvalue weighted by molar-refractivity contribution is 0.0451. The number of benzene rings is 3. The van der Waals surface area contributed by atoms with Crippen LogP contribution < -0.4 is 4.74 Å². The van der Waals surface area contributed by atoms with Gasteiger partial charge in [0.2, 0.25) is 0 Å². The summed E-state index contributed by atoms with van der Waals surface area (Å²) in [6.07, 6.45) is 1.78. The molecule has 0 N–H and O–H groups in total. The largest absolute Gasteiger partial charge is 0.488 e. The second-order valence-corrected chi connectivity index (χ2v) is 16.9. The number of aromatic nitrogens is 1. The zero-order valence-corrected chi connectivity index (χ0v) is 23.7. The van der Waals surface area contributed by atoms with Crippen LogP contribution in [0.15, 0.2) is 79.0 Å². The van der Waals surface area contributed by atoms with Gasteiger partial charge >= 0.3 is 5.97 Å². The molecule has 0 aliphatic carbocycles. The number of rotatable bonds is 8. The first-order valence-electron chi connectivity index (χ1n) is 13.4. The SMILES string of the molecule is CC(C)[Si](C(C)C)(C(C)C)n1ccc2cc3c(cc21)C(c1ccccc1OCc1ccccc1)OC3=O. The summed E-state index contributed by atoms with van der Waals surface area (Å²) in [7, 11) is -1.96. The zero-order chi connectivity index (χ0) is 26.3. The van der Waals surface area contributed by atoms with Gasteiger partial charge in [0.25, 0.3) is 0 Å². The summed E-state index contributed by atoms with van der Waals surface area (Å²) in [5.41, 5.74) is 6.45. The second kappa shape index (κ2) is 9.86. The number of cyclic esters (lactones) is 1. The first-order chi connectivity index (χ1) is 17.7. The molecular formula is C32H37NO3Si. The second-order valence-electron chi connectivity index (χ2n) is 11.1. The van der Waals surface area contributed by atoms with E-state index in [4.69, 9.17) is 9.47 Å². The van der Waals surface area contributed by atoms with E-state index in [1.54, 1.807) is 0 Å². The Labute approximate surface area is 221 Å². The highest BCUT2D eigenvalue weighted by molar-refractivity contribution is 6.82. The smallest absolute Gasteiger partial charge is 0.339 e. The number of para-hydroxylation sites is 1. The third-order valence-corrected chi connectivity index (χ3v) is 15.0.